The van der Waals surface area contributed by atoms with Gasteiger partial charge in [0, 0.05) is 18.9 Å². The van der Waals surface area contributed by atoms with Crippen LogP contribution < -0.4 is 5.73 Å². The Kier molecular flexibility index (Phi) is 5.97. The maximum absolute atomic E-state index is 5.50. The molecule has 0 atom stereocenters. The summed E-state index contributed by atoms with van der Waals surface area (Å²) in [5.41, 5.74) is 6.86. The van der Waals surface area contributed by atoms with Crippen LogP contribution in [-0.2, 0) is 6.42 Å². The third kappa shape index (κ3) is 4.91. The molecule has 3 nitrogen and oxygen atoms in total. The number of hydrogen-bond donors (Lipinski definition) is 1. The van der Waals surface area contributed by atoms with Crippen molar-refractivity contribution in [1.29, 1.82) is 0 Å². The normalized spacial score (nSPS) is 10.9. The average Bonchev–Trinajstić information content (AvgIpc) is 2.31. The van der Waals surface area contributed by atoms with E-state index in [1.807, 2.05) is 12.4 Å². The molecule has 3 heteroatoms. The molecular formula is C12H21N3. The average molecular weight is 207 g/mol. The van der Waals surface area contributed by atoms with Gasteiger partial charge in [-0.3, -0.25) is 4.98 Å². The summed E-state index contributed by atoms with van der Waals surface area (Å²) in [4.78, 5) is 6.45. The van der Waals surface area contributed by atoms with E-state index in [-0.39, 0.29) is 0 Å². The van der Waals surface area contributed by atoms with Crippen LogP contribution in [0.2, 0.25) is 0 Å². The Balaban J connectivity index is 2.28. The second kappa shape index (κ2) is 7.37. The standard InChI is InChI=1S/C12H21N3/c1-2-15(10-3-7-13)11-6-12-4-8-14-9-5-12/h4-5,8-9H,2-3,6-7,10-11,13H2,1H3. The molecule has 0 bridgehead atoms. The lowest BCUT2D eigenvalue weighted by molar-refractivity contribution is 0.290. The number of rotatable bonds is 7. The first-order valence-electron chi connectivity index (χ1n) is 5.68. The molecule has 1 aromatic heterocycles. The fourth-order valence-electron chi connectivity index (χ4n) is 1.58. The zero-order valence-corrected chi connectivity index (χ0v) is 9.52. The fraction of sp³-hybridized carbons (Fsp3) is 0.583. The van der Waals surface area contributed by atoms with E-state index in [2.05, 4.69) is 28.9 Å². The lowest BCUT2D eigenvalue weighted by Gasteiger charge is -2.19. The van der Waals surface area contributed by atoms with Crippen LogP contribution in [-0.4, -0.2) is 36.1 Å². The predicted molar refractivity (Wildman–Crippen MR) is 63.7 cm³/mol. The van der Waals surface area contributed by atoms with E-state index in [0.717, 1.165) is 39.0 Å². The minimum atomic E-state index is 0.783. The van der Waals surface area contributed by atoms with Crippen molar-refractivity contribution in [3.8, 4) is 0 Å². The topological polar surface area (TPSA) is 42.1 Å². The maximum atomic E-state index is 5.50. The van der Waals surface area contributed by atoms with Gasteiger partial charge >= 0.3 is 0 Å². The fourth-order valence-corrected chi connectivity index (χ4v) is 1.58. The van der Waals surface area contributed by atoms with Crippen molar-refractivity contribution in [3.05, 3.63) is 30.1 Å². The number of nitrogens with zero attached hydrogens (tertiary/aromatic N) is 2. The van der Waals surface area contributed by atoms with Crippen LogP contribution in [0.3, 0.4) is 0 Å². The van der Waals surface area contributed by atoms with Crippen LogP contribution >= 0.6 is 0 Å². The van der Waals surface area contributed by atoms with Gasteiger partial charge in [-0.1, -0.05) is 6.92 Å². The van der Waals surface area contributed by atoms with Gasteiger partial charge in [0.15, 0.2) is 0 Å². The van der Waals surface area contributed by atoms with Gasteiger partial charge in [-0.2, -0.15) is 0 Å². The highest BCUT2D eigenvalue weighted by Crippen LogP contribution is 2.00. The van der Waals surface area contributed by atoms with Crippen LogP contribution in [0.4, 0.5) is 0 Å². The highest BCUT2D eigenvalue weighted by atomic mass is 15.1. The van der Waals surface area contributed by atoms with Crippen molar-refractivity contribution in [2.24, 2.45) is 5.73 Å². The van der Waals surface area contributed by atoms with Crippen LogP contribution in [0.1, 0.15) is 18.9 Å². The molecule has 0 radical (unpaired) electrons. The first-order valence-corrected chi connectivity index (χ1v) is 5.68. The SMILES string of the molecule is CCN(CCCN)CCc1ccncc1. The Morgan fingerprint density at radius 3 is 2.60 bits per heavy atom. The third-order valence-corrected chi connectivity index (χ3v) is 2.59. The molecule has 1 aromatic rings. The van der Waals surface area contributed by atoms with Crippen LogP contribution in [0.25, 0.3) is 0 Å². The highest BCUT2D eigenvalue weighted by molar-refractivity contribution is 5.09. The third-order valence-electron chi connectivity index (χ3n) is 2.59. The monoisotopic (exact) mass is 207 g/mol. The second-order valence-electron chi connectivity index (χ2n) is 3.68. The van der Waals surface area contributed by atoms with E-state index >= 15 is 0 Å². The molecule has 0 aliphatic heterocycles. The van der Waals surface area contributed by atoms with E-state index in [0.29, 0.717) is 0 Å². The summed E-state index contributed by atoms with van der Waals surface area (Å²) < 4.78 is 0. The Hall–Kier alpha value is -0.930. The molecule has 0 saturated heterocycles. The Morgan fingerprint density at radius 2 is 2.00 bits per heavy atom. The Morgan fingerprint density at radius 1 is 1.27 bits per heavy atom. The molecule has 15 heavy (non-hydrogen) atoms. The van der Waals surface area contributed by atoms with Crippen LogP contribution in [0.5, 0.6) is 0 Å². The zero-order valence-electron chi connectivity index (χ0n) is 9.52. The summed E-state index contributed by atoms with van der Waals surface area (Å²) in [5, 5.41) is 0. The lowest BCUT2D eigenvalue weighted by atomic mass is 10.2. The minimum absolute atomic E-state index is 0.783. The van der Waals surface area contributed by atoms with Crippen molar-refractivity contribution < 1.29 is 0 Å². The number of aromatic nitrogens is 1. The minimum Gasteiger partial charge on any atom is -0.330 e. The Bertz CT molecular complexity index is 248. The second-order valence-corrected chi connectivity index (χ2v) is 3.68. The zero-order chi connectivity index (χ0) is 10.9. The van der Waals surface area contributed by atoms with Crippen molar-refractivity contribution in [2.75, 3.05) is 26.2 Å². The number of likely N-dealkylation sites (N-methyl/N-ethyl adjacent to an activating group) is 1. The first kappa shape index (κ1) is 12.1. The molecule has 0 amide bonds. The molecule has 2 N–H and O–H groups in total. The van der Waals surface area contributed by atoms with E-state index in [1.54, 1.807) is 0 Å². The summed E-state index contributed by atoms with van der Waals surface area (Å²) in [7, 11) is 0. The van der Waals surface area contributed by atoms with E-state index < -0.39 is 0 Å². The van der Waals surface area contributed by atoms with Crippen molar-refractivity contribution in [3.63, 3.8) is 0 Å². The predicted octanol–water partition coefficient (Wildman–Crippen LogP) is 1.29. The lowest BCUT2D eigenvalue weighted by Crippen LogP contribution is -2.28. The quantitative estimate of drug-likeness (QED) is 0.732. The summed E-state index contributed by atoms with van der Waals surface area (Å²) in [6.07, 6.45) is 5.89. The van der Waals surface area contributed by atoms with E-state index in [9.17, 15) is 0 Å². The summed E-state index contributed by atoms with van der Waals surface area (Å²) in [6.45, 7) is 6.30. The van der Waals surface area contributed by atoms with Gasteiger partial charge in [0.05, 0.1) is 0 Å². The van der Waals surface area contributed by atoms with E-state index in [1.165, 1.54) is 5.56 Å². The summed E-state index contributed by atoms with van der Waals surface area (Å²) in [6, 6.07) is 4.16. The van der Waals surface area contributed by atoms with Gasteiger partial charge in [0.1, 0.15) is 0 Å². The summed E-state index contributed by atoms with van der Waals surface area (Å²) in [5.74, 6) is 0. The van der Waals surface area contributed by atoms with E-state index in [4.69, 9.17) is 5.73 Å². The maximum Gasteiger partial charge on any atom is 0.0270 e. The van der Waals surface area contributed by atoms with Gasteiger partial charge in [0.25, 0.3) is 0 Å². The molecule has 0 unspecified atom stereocenters. The number of hydrogen-bond acceptors (Lipinski definition) is 3. The molecule has 84 valence electrons. The summed E-state index contributed by atoms with van der Waals surface area (Å²) >= 11 is 0. The molecule has 0 aliphatic carbocycles. The van der Waals surface area contributed by atoms with Crippen molar-refractivity contribution in [2.45, 2.75) is 19.8 Å². The highest BCUT2D eigenvalue weighted by Gasteiger charge is 2.01. The Labute approximate surface area is 92.3 Å². The van der Waals surface area contributed by atoms with Gasteiger partial charge in [-0.05, 0) is 50.2 Å². The van der Waals surface area contributed by atoms with Gasteiger partial charge in [-0.15, -0.1) is 0 Å². The molecule has 1 heterocycles. The first-order chi connectivity index (χ1) is 7.36. The number of nitrogens with two attached hydrogens (primary N) is 1. The molecular weight excluding hydrogens is 186 g/mol. The number of pyridine rings is 1. The van der Waals surface area contributed by atoms with Crippen LogP contribution in [0, 0.1) is 0 Å². The largest absolute Gasteiger partial charge is 0.330 e. The molecule has 0 saturated carbocycles. The van der Waals surface area contributed by atoms with Gasteiger partial charge in [-0.25, -0.2) is 0 Å². The molecule has 0 aromatic carbocycles. The molecule has 0 aliphatic rings. The van der Waals surface area contributed by atoms with Gasteiger partial charge in [0.2, 0.25) is 0 Å². The van der Waals surface area contributed by atoms with Crippen LogP contribution in [0.15, 0.2) is 24.5 Å². The molecule has 0 fully saturated rings. The smallest absolute Gasteiger partial charge is 0.0270 e. The molecule has 0 spiro atoms. The van der Waals surface area contributed by atoms with Gasteiger partial charge < -0.3 is 10.6 Å². The van der Waals surface area contributed by atoms with Crippen molar-refractivity contribution in [1.82, 2.24) is 9.88 Å². The molecule has 1 rings (SSSR count). The van der Waals surface area contributed by atoms with Crippen molar-refractivity contribution >= 4 is 0 Å².